The summed E-state index contributed by atoms with van der Waals surface area (Å²) >= 11 is 0. The molecule has 0 aromatic carbocycles. The highest BCUT2D eigenvalue weighted by Gasteiger charge is 1.82. The summed E-state index contributed by atoms with van der Waals surface area (Å²) in [6, 6.07) is 0. The highest BCUT2D eigenvalue weighted by molar-refractivity contribution is 4.91. The molecule has 0 aromatic rings. The van der Waals surface area contributed by atoms with E-state index in [4.69, 9.17) is 0 Å². The summed E-state index contributed by atoms with van der Waals surface area (Å²) < 4.78 is 0. The van der Waals surface area contributed by atoms with Crippen LogP contribution in [0.3, 0.4) is 0 Å². The van der Waals surface area contributed by atoms with Crippen molar-refractivity contribution in [2.75, 3.05) is 6.54 Å². The smallest absolute Gasteiger partial charge is 0.0143 e. The molecule has 0 radical (unpaired) electrons. The first-order chi connectivity index (χ1) is 4.31. The van der Waals surface area contributed by atoms with Crippen molar-refractivity contribution < 1.29 is 0 Å². The monoisotopic (exact) mass is 127 g/mol. The van der Waals surface area contributed by atoms with Gasteiger partial charge in [-0.25, -0.2) is 0 Å². The molecule has 9 heavy (non-hydrogen) atoms. The standard InChI is InChI=1S/C8H17N/c1-4-6-7-9-8(3)5-2/h5,9H,4,6-7H2,1-3H3/b8-5-. The number of allylic oxidation sites excluding steroid dienone is 2. The van der Waals surface area contributed by atoms with Gasteiger partial charge in [-0.1, -0.05) is 19.4 Å². The van der Waals surface area contributed by atoms with E-state index >= 15 is 0 Å². The van der Waals surface area contributed by atoms with Gasteiger partial charge < -0.3 is 5.32 Å². The summed E-state index contributed by atoms with van der Waals surface area (Å²) in [5.41, 5.74) is 1.28. The van der Waals surface area contributed by atoms with Crippen LogP contribution >= 0.6 is 0 Å². The minimum atomic E-state index is 1.12. The third-order valence-corrected chi connectivity index (χ3v) is 1.37. The second-order valence-corrected chi connectivity index (χ2v) is 2.25. The average Bonchev–Trinajstić information content (AvgIpc) is 1.89. The number of hydrogen-bond donors (Lipinski definition) is 1. The molecule has 0 heterocycles. The van der Waals surface area contributed by atoms with Crippen LogP contribution < -0.4 is 5.32 Å². The van der Waals surface area contributed by atoms with Gasteiger partial charge in [0.2, 0.25) is 0 Å². The van der Waals surface area contributed by atoms with E-state index in [1.54, 1.807) is 0 Å². The lowest BCUT2D eigenvalue weighted by atomic mass is 10.3. The van der Waals surface area contributed by atoms with Crippen molar-refractivity contribution in [2.45, 2.75) is 33.6 Å². The lowest BCUT2D eigenvalue weighted by molar-refractivity contribution is 0.709. The molecule has 0 bridgehead atoms. The van der Waals surface area contributed by atoms with Crippen LogP contribution in [-0.4, -0.2) is 6.54 Å². The van der Waals surface area contributed by atoms with Gasteiger partial charge in [-0.3, -0.25) is 0 Å². The molecule has 54 valence electrons. The Labute approximate surface area is 58.2 Å². The van der Waals surface area contributed by atoms with Crippen molar-refractivity contribution in [1.82, 2.24) is 5.32 Å². The van der Waals surface area contributed by atoms with Crippen molar-refractivity contribution in [1.29, 1.82) is 0 Å². The average molecular weight is 127 g/mol. The molecular formula is C8H17N. The van der Waals surface area contributed by atoms with Crippen LogP contribution in [0.2, 0.25) is 0 Å². The van der Waals surface area contributed by atoms with E-state index in [1.165, 1.54) is 18.5 Å². The molecule has 0 aliphatic carbocycles. The van der Waals surface area contributed by atoms with E-state index in [0.29, 0.717) is 0 Å². The van der Waals surface area contributed by atoms with Gasteiger partial charge in [0.15, 0.2) is 0 Å². The van der Waals surface area contributed by atoms with Gasteiger partial charge in [0.1, 0.15) is 0 Å². The Morgan fingerprint density at radius 3 is 2.67 bits per heavy atom. The van der Waals surface area contributed by atoms with Gasteiger partial charge in [0, 0.05) is 12.2 Å². The Morgan fingerprint density at radius 1 is 1.56 bits per heavy atom. The number of unbranched alkanes of at least 4 members (excludes halogenated alkanes) is 1. The van der Waals surface area contributed by atoms with Crippen molar-refractivity contribution >= 4 is 0 Å². The molecule has 1 nitrogen and oxygen atoms in total. The third kappa shape index (κ3) is 5.41. The second kappa shape index (κ2) is 5.67. The molecule has 0 aliphatic heterocycles. The largest absolute Gasteiger partial charge is 0.389 e. The summed E-state index contributed by atoms with van der Waals surface area (Å²) in [5.74, 6) is 0. The lowest BCUT2D eigenvalue weighted by Crippen LogP contribution is -2.11. The van der Waals surface area contributed by atoms with E-state index in [1.807, 2.05) is 6.92 Å². The van der Waals surface area contributed by atoms with Gasteiger partial charge in [0.05, 0.1) is 0 Å². The lowest BCUT2D eigenvalue weighted by Gasteiger charge is -2.02. The van der Waals surface area contributed by atoms with Crippen LogP contribution in [0.25, 0.3) is 0 Å². The van der Waals surface area contributed by atoms with E-state index in [-0.39, 0.29) is 0 Å². The van der Waals surface area contributed by atoms with Crippen molar-refractivity contribution in [3.63, 3.8) is 0 Å². The van der Waals surface area contributed by atoms with Crippen LogP contribution in [0.15, 0.2) is 11.8 Å². The molecule has 0 unspecified atom stereocenters. The fourth-order valence-electron chi connectivity index (χ4n) is 0.564. The first-order valence-corrected chi connectivity index (χ1v) is 3.68. The Bertz CT molecular complexity index is 84.6. The predicted octanol–water partition coefficient (Wildman–Crippen LogP) is 2.30. The van der Waals surface area contributed by atoms with Crippen LogP contribution in [0.4, 0.5) is 0 Å². The highest BCUT2D eigenvalue weighted by atomic mass is 14.9. The summed E-state index contributed by atoms with van der Waals surface area (Å²) in [6.45, 7) is 7.46. The molecule has 0 aromatic heterocycles. The van der Waals surface area contributed by atoms with E-state index in [0.717, 1.165) is 6.54 Å². The van der Waals surface area contributed by atoms with Crippen LogP contribution in [-0.2, 0) is 0 Å². The van der Waals surface area contributed by atoms with Gasteiger partial charge in [-0.2, -0.15) is 0 Å². The number of rotatable bonds is 4. The molecule has 0 rings (SSSR count). The van der Waals surface area contributed by atoms with Gasteiger partial charge in [-0.15, -0.1) is 0 Å². The Kier molecular flexibility index (Phi) is 5.38. The maximum Gasteiger partial charge on any atom is 0.0143 e. The maximum atomic E-state index is 3.29. The zero-order chi connectivity index (χ0) is 7.11. The Hall–Kier alpha value is -0.460. The molecule has 0 aliphatic rings. The molecule has 0 fully saturated rings. The number of nitrogens with one attached hydrogen (secondary N) is 1. The van der Waals surface area contributed by atoms with Crippen LogP contribution in [0.5, 0.6) is 0 Å². The molecule has 0 atom stereocenters. The quantitative estimate of drug-likeness (QED) is 0.571. The highest BCUT2D eigenvalue weighted by Crippen LogP contribution is 1.87. The third-order valence-electron chi connectivity index (χ3n) is 1.37. The topological polar surface area (TPSA) is 12.0 Å². The van der Waals surface area contributed by atoms with Crippen LogP contribution in [0.1, 0.15) is 33.6 Å². The summed E-state index contributed by atoms with van der Waals surface area (Å²) in [6.07, 6.45) is 4.63. The van der Waals surface area contributed by atoms with Gasteiger partial charge in [0.25, 0.3) is 0 Å². The van der Waals surface area contributed by atoms with E-state index < -0.39 is 0 Å². The number of hydrogen-bond acceptors (Lipinski definition) is 1. The van der Waals surface area contributed by atoms with Crippen LogP contribution in [0, 0.1) is 0 Å². The van der Waals surface area contributed by atoms with E-state index in [9.17, 15) is 0 Å². The van der Waals surface area contributed by atoms with Crippen molar-refractivity contribution in [2.24, 2.45) is 0 Å². The second-order valence-electron chi connectivity index (χ2n) is 2.25. The minimum absolute atomic E-state index is 1.12. The molecule has 1 heteroatoms. The van der Waals surface area contributed by atoms with Crippen molar-refractivity contribution in [3.05, 3.63) is 11.8 Å². The van der Waals surface area contributed by atoms with Gasteiger partial charge in [-0.05, 0) is 20.3 Å². The fraction of sp³-hybridized carbons (Fsp3) is 0.750. The molecule has 0 spiro atoms. The predicted molar refractivity (Wildman–Crippen MR) is 42.3 cm³/mol. The Morgan fingerprint density at radius 2 is 2.22 bits per heavy atom. The molecular weight excluding hydrogens is 110 g/mol. The normalized spacial score (nSPS) is 11.7. The minimum Gasteiger partial charge on any atom is -0.389 e. The zero-order valence-corrected chi connectivity index (χ0v) is 6.70. The SMILES string of the molecule is C/C=C(/C)NCCCC. The summed E-state index contributed by atoms with van der Waals surface area (Å²) in [7, 11) is 0. The van der Waals surface area contributed by atoms with Gasteiger partial charge >= 0.3 is 0 Å². The molecule has 0 saturated carbocycles. The van der Waals surface area contributed by atoms with Crippen molar-refractivity contribution in [3.8, 4) is 0 Å². The zero-order valence-electron chi connectivity index (χ0n) is 6.70. The summed E-state index contributed by atoms with van der Waals surface area (Å²) in [4.78, 5) is 0. The Balaban J connectivity index is 3.07. The molecule has 0 amide bonds. The molecule has 1 N–H and O–H groups in total. The molecule has 0 saturated heterocycles. The fourth-order valence-corrected chi connectivity index (χ4v) is 0.564. The first-order valence-electron chi connectivity index (χ1n) is 3.68. The summed E-state index contributed by atoms with van der Waals surface area (Å²) in [5, 5.41) is 3.29. The van der Waals surface area contributed by atoms with E-state index in [2.05, 4.69) is 25.2 Å². The maximum absolute atomic E-state index is 3.29. The first kappa shape index (κ1) is 8.54.